The summed E-state index contributed by atoms with van der Waals surface area (Å²) in [5, 5.41) is 2.73. The number of unbranched alkanes of at least 4 members (excludes halogenated alkanes) is 3. The molecule has 1 amide bonds. The van der Waals surface area contributed by atoms with Gasteiger partial charge >= 0.3 is 5.97 Å². The van der Waals surface area contributed by atoms with Crippen LogP contribution in [0.5, 0.6) is 0 Å². The molecule has 1 aromatic carbocycles. The number of sulfonamides is 1. The Morgan fingerprint density at radius 2 is 2.00 bits per heavy atom. The Morgan fingerprint density at radius 3 is 2.67 bits per heavy atom. The lowest BCUT2D eigenvalue weighted by Gasteiger charge is -2.21. The molecule has 1 atom stereocenters. The third kappa shape index (κ3) is 5.69. The van der Waals surface area contributed by atoms with Gasteiger partial charge < -0.3 is 10.1 Å². The van der Waals surface area contributed by atoms with Crippen molar-refractivity contribution in [1.29, 1.82) is 0 Å². The molecule has 2 rings (SSSR count). The van der Waals surface area contributed by atoms with E-state index < -0.39 is 16.0 Å². The number of anilines is 1. The van der Waals surface area contributed by atoms with Crippen LogP contribution in [0.3, 0.4) is 0 Å². The summed E-state index contributed by atoms with van der Waals surface area (Å²) in [6.45, 7) is 4.20. The Bertz CT molecular complexity index is 791. The molecular formula is C19H28N2O5S. The second-order valence-corrected chi connectivity index (χ2v) is 8.80. The summed E-state index contributed by atoms with van der Waals surface area (Å²) in [5.74, 6) is -0.915. The first-order valence-electron chi connectivity index (χ1n) is 9.30. The number of fused-ring (bicyclic) bond motifs is 1. The van der Waals surface area contributed by atoms with Crippen molar-refractivity contribution >= 4 is 27.6 Å². The highest BCUT2D eigenvalue weighted by molar-refractivity contribution is 7.92. The highest BCUT2D eigenvalue weighted by Gasteiger charge is 2.32. The number of esters is 1. The molecule has 150 valence electrons. The van der Waals surface area contributed by atoms with Crippen LogP contribution < -0.4 is 9.62 Å². The summed E-state index contributed by atoms with van der Waals surface area (Å²) in [5.41, 5.74) is 1.68. The van der Waals surface area contributed by atoms with Crippen molar-refractivity contribution in [3.8, 4) is 0 Å². The quantitative estimate of drug-likeness (QED) is 0.510. The molecule has 0 saturated carbocycles. The maximum absolute atomic E-state index is 12.2. The first kappa shape index (κ1) is 21.2. The number of nitrogens with zero attached hydrogens (tertiary/aromatic N) is 1. The first-order valence-corrected chi connectivity index (χ1v) is 11.1. The lowest BCUT2D eigenvalue weighted by molar-refractivity contribution is -0.124. The molecule has 8 heteroatoms. The second-order valence-electron chi connectivity index (χ2n) is 6.94. The van der Waals surface area contributed by atoms with Crippen LogP contribution in [0.25, 0.3) is 0 Å². The average molecular weight is 397 g/mol. The molecule has 27 heavy (non-hydrogen) atoms. The van der Waals surface area contributed by atoms with Gasteiger partial charge in [-0.2, -0.15) is 0 Å². The van der Waals surface area contributed by atoms with E-state index in [9.17, 15) is 18.0 Å². The van der Waals surface area contributed by atoms with Gasteiger partial charge in [-0.05, 0) is 43.5 Å². The number of benzene rings is 1. The molecule has 0 spiro atoms. The number of amides is 1. The van der Waals surface area contributed by atoms with Gasteiger partial charge in [0.25, 0.3) is 5.91 Å². The zero-order valence-electron chi connectivity index (χ0n) is 16.2. The predicted molar refractivity (Wildman–Crippen MR) is 104 cm³/mol. The van der Waals surface area contributed by atoms with Crippen LogP contribution in [0.4, 0.5) is 5.69 Å². The van der Waals surface area contributed by atoms with Crippen molar-refractivity contribution in [1.82, 2.24) is 5.32 Å². The van der Waals surface area contributed by atoms with Crippen LogP contribution in [0.15, 0.2) is 18.2 Å². The van der Waals surface area contributed by atoms with Crippen molar-refractivity contribution in [3.63, 3.8) is 0 Å². The molecule has 1 aliphatic rings. The molecule has 0 radical (unpaired) electrons. The van der Waals surface area contributed by atoms with Crippen LogP contribution >= 0.6 is 0 Å². The lowest BCUT2D eigenvalue weighted by Crippen LogP contribution is -2.34. The lowest BCUT2D eigenvalue weighted by atomic mass is 10.1. The summed E-state index contributed by atoms with van der Waals surface area (Å²) in [4.78, 5) is 23.9. The van der Waals surface area contributed by atoms with E-state index in [-0.39, 0.29) is 18.6 Å². The van der Waals surface area contributed by atoms with Gasteiger partial charge in [0.2, 0.25) is 10.0 Å². The van der Waals surface area contributed by atoms with Crippen LogP contribution in [0.2, 0.25) is 0 Å². The number of carbonyl (C=O) groups excluding carboxylic acids is 2. The van der Waals surface area contributed by atoms with Crippen LogP contribution in [0, 0.1) is 0 Å². The number of hydrogen-bond donors (Lipinski definition) is 1. The molecule has 0 fully saturated rings. The summed E-state index contributed by atoms with van der Waals surface area (Å²) < 4.78 is 30.3. The Morgan fingerprint density at radius 1 is 1.26 bits per heavy atom. The summed E-state index contributed by atoms with van der Waals surface area (Å²) in [7, 11) is -3.37. The van der Waals surface area contributed by atoms with Gasteiger partial charge in [-0.15, -0.1) is 0 Å². The summed E-state index contributed by atoms with van der Waals surface area (Å²) in [6.07, 6.45) is 5.94. The molecule has 1 aromatic rings. The van der Waals surface area contributed by atoms with E-state index in [1.165, 1.54) is 16.6 Å². The van der Waals surface area contributed by atoms with Gasteiger partial charge in [0.15, 0.2) is 6.61 Å². The van der Waals surface area contributed by atoms with Crippen molar-refractivity contribution in [2.75, 3.05) is 23.7 Å². The Labute approximate surface area is 161 Å². The van der Waals surface area contributed by atoms with Crippen LogP contribution in [0.1, 0.15) is 55.5 Å². The maximum atomic E-state index is 12.2. The number of ether oxygens (including phenoxy) is 1. The topological polar surface area (TPSA) is 92.8 Å². The number of rotatable bonds is 9. The van der Waals surface area contributed by atoms with Crippen LogP contribution in [-0.2, 0) is 26.0 Å². The third-order valence-corrected chi connectivity index (χ3v) is 5.78. The fraction of sp³-hybridized carbons (Fsp3) is 0.579. The zero-order chi connectivity index (χ0) is 20.0. The minimum absolute atomic E-state index is 0.195. The first-order chi connectivity index (χ1) is 12.7. The number of carbonyl (C=O) groups is 2. The fourth-order valence-electron chi connectivity index (χ4n) is 3.28. The van der Waals surface area contributed by atoms with E-state index in [2.05, 4.69) is 12.2 Å². The summed E-state index contributed by atoms with van der Waals surface area (Å²) >= 11 is 0. The monoisotopic (exact) mass is 396 g/mol. The molecular weight excluding hydrogens is 368 g/mol. The molecule has 0 aliphatic carbocycles. The SMILES string of the molecule is CCCCCCNC(=O)COC(=O)c1ccc2c(c1)C[C@H](C)N2S(C)(=O)=O. The molecule has 1 heterocycles. The van der Waals surface area contributed by atoms with Gasteiger partial charge in [0.1, 0.15) is 0 Å². The molecule has 0 aromatic heterocycles. The molecule has 0 unspecified atom stereocenters. The van der Waals surface area contributed by atoms with E-state index in [4.69, 9.17) is 4.74 Å². The standard InChI is InChI=1S/C19H28N2O5S/c1-4-5-6-7-10-20-18(22)13-26-19(23)15-8-9-17-16(12-15)11-14(2)21(17)27(3,24)25/h8-9,12,14H,4-7,10-11,13H2,1-3H3,(H,20,22)/t14-/m0/s1. The van der Waals surface area contributed by atoms with Crippen molar-refractivity contribution in [2.24, 2.45) is 0 Å². The van der Waals surface area contributed by atoms with E-state index in [1.54, 1.807) is 12.1 Å². The van der Waals surface area contributed by atoms with E-state index in [0.717, 1.165) is 31.2 Å². The van der Waals surface area contributed by atoms with Crippen LogP contribution in [-0.4, -0.2) is 45.7 Å². The van der Waals surface area contributed by atoms with Gasteiger partial charge in [-0.3, -0.25) is 9.10 Å². The molecule has 7 nitrogen and oxygen atoms in total. The predicted octanol–water partition coefficient (Wildman–Crippen LogP) is 2.25. The van der Waals surface area contributed by atoms with Gasteiger partial charge in [0.05, 0.1) is 17.5 Å². The second kappa shape index (κ2) is 9.21. The van der Waals surface area contributed by atoms with Crippen molar-refractivity contribution in [3.05, 3.63) is 29.3 Å². The highest BCUT2D eigenvalue weighted by atomic mass is 32.2. The highest BCUT2D eigenvalue weighted by Crippen LogP contribution is 2.34. The molecule has 1 N–H and O–H groups in total. The number of nitrogens with one attached hydrogen (secondary N) is 1. The molecule has 1 aliphatic heterocycles. The Balaban J connectivity index is 1.90. The van der Waals surface area contributed by atoms with E-state index >= 15 is 0 Å². The minimum Gasteiger partial charge on any atom is -0.452 e. The zero-order valence-corrected chi connectivity index (χ0v) is 17.0. The van der Waals surface area contributed by atoms with Gasteiger partial charge in [0, 0.05) is 12.6 Å². The van der Waals surface area contributed by atoms with Gasteiger partial charge in [-0.25, -0.2) is 13.2 Å². The average Bonchev–Trinajstić information content (AvgIpc) is 2.94. The molecule has 0 bridgehead atoms. The Kier molecular flexibility index (Phi) is 7.24. The van der Waals surface area contributed by atoms with Crippen molar-refractivity contribution in [2.45, 2.75) is 52.0 Å². The smallest absolute Gasteiger partial charge is 0.338 e. The number of hydrogen-bond acceptors (Lipinski definition) is 5. The maximum Gasteiger partial charge on any atom is 0.338 e. The molecule has 0 saturated heterocycles. The fourth-order valence-corrected chi connectivity index (χ4v) is 4.54. The van der Waals surface area contributed by atoms with Gasteiger partial charge in [-0.1, -0.05) is 26.2 Å². The van der Waals surface area contributed by atoms with E-state index in [0.29, 0.717) is 24.2 Å². The summed E-state index contributed by atoms with van der Waals surface area (Å²) in [6, 6.07) is 4.59. The third-order valence-electron chi connectivity index (χ3n) is 4.51. The normalized spacial score (nSPS) is 16.1. The minimum atomic E-state index is -3.37. The van der Waals surface area contributed by atoms with E-state index in [1.807, 2.05) is 6.92 Å². The van der Waals surface area contributed by atoms with Crippen molar-refractivity contribution < 1.29 is 22.7 Å². The Hall–Kier alpha value is -2.09. The largest absolute Gasteiger partial charge is 0.452 e.